The van der Waals surface area contributed by atoms with E-state index in [0.717, 1.165) is 11.5 Å². The van der Waals surface area contributed by atoms with Crippen LogP contribution in [0.3, 0.4) is 0 Å². The number of benzene rings is 1. The summed E-state index contributed by atoms with van der Waals surface area (Å²) in [5, 5.41) is 0. The van der Waals surface area contributed by atoms with E-state index in [1.54, 1.807) is 6.92 Å². The van der Waals surface area contributed by atoms with Gasteiger partial charge in [-0.3, -0.25) is 4.79 Å². The summed E-state index contributed by atoms with van der Waals surface area (Å²) in [6, 6.07) is 7.62. The molecule has 1 aromatic carbocycles. The molecule has 1 aromatic rings. The normalized spacial score (nSPS) is 10.8. The molecule has 2 N–H and O–H groups in total. The number of carbonyl (C=O) groups excluding carboxylic acids is 1. The van der Waals surface area contributed by atoms with Crippen LogP contribution in [-0.4, -0.2) is 31.8 Å². The van der Waals surface area contributed by atoms with Gasteiger partial charge in [0.2, 0.25) is 0 Å². The van der Waals surface area contributed by atoms with Crippen molar-refractivity contribution in [1.82, 2.24) is 0 Å². The largest absolute Gasteiger partial charge is 0.490 e. The summed E-state index contributed by atoms with van der Waals surface area (Å²) in [6.45, 7) is 8.67. The zero-order chi connectivity index (χ0) is 15.4. The SMILES string of the molecule is CCOC(C)=O.CCOc1ccccc1OC(C)CN. The van der Waals surface area contributed by atoms with Crippen LogP contribution >= 0.6 is 0 Å². The van der Waals surface area contributed by atoms with Crippen molar-refractivity contribution in [3.8, 4) is 11.5 Å². The first-order chi connectivity index (χ1) is 9.54. The average molecular weight is 283 g/mol. The Balaban J connectivity index is 0.000000511. The first-order valence-electron chi connectivity index (χ1n) is 6.76. The van der Waals surface area contributed by atoms with E-state index in [4.69, 9.17) is 15.2 Å². The van der Waals surface area contributed by atoms with Crippen molar-refractivity contribution in [2.45, 2.75) is 33.8 Å². The van der Waals surface area contributed by atoms with Crippen LogP contribution in [0.4, 0.5) is 0 Å². The minimum absolute atomic E-state index is 0.0107. The zero-order valence-electron chi connectivity index (χ0n) is 12.7. The molecule has 0 aliphatic heterocycles. The molecular formula is C15H25NO4. The van der Waals surface area contributed by atoms with Crippen LogP contribution in [0.25, 0.3) is 0 Å². The van der Waals surface area contributed by atoms with Gasteiger partial charge >= 0.3 is 5.97 Å². The van der Waals surface area contributed by atoms with Crippen molar-refractivity contribution in [3.05, 3.63) is 24.3 Å². The molecule has 0 saturated carbocycles. The number of rotatable bonds is 6. The molecule has 1 atom stereocenters. The molecule has 0 aliphatic carbocycles. The Labute approximate surface area is 121 Å². The molecule has 1 rings (SSSR count). The summed E-state index contributed by atoms with van der Waals surface area (Å²) in [5.74, 6) is 1.32. The Morgan fingerprint density at radius 2 is 1.80 bits per heavy atom. The highest BCUT2D eigenvalue weighted by molar-refractivity contribution is 5.65. The van der Waals surface area contributed by atoms with Crippen molar-refractivity contribution in [1.29, 1.82) is 0 Å². The van der Waals surface area contributed by atoms with Crippen LogP contribution < -0.4 is 15.2 Å². The van der Waals surface area contributed by atoms with Crippen LogP contribution in [0.15, 0.2) is 24.3 Å². The third-order valence-electron chi connectivity index (χ3n) is 2.16. The smallest absolute Gasteiger partial charge is 0.302 e. The molecule has 0 spiro atoms. The molecule has 20 heavy (non-hydrogen) atoms. The molecule has 0 saturated heterocycles. The van der Waals surface area contributed by atoms with Crippen molar-refractivity contribution < 1.29 is 19.0 Å². The zero-order valence-corrected chi connectivity index (χ0v) is 12.7. The maximum Gasteiger partial charge on any atom is 0.302 e. The maximum absolute atomic E-state index is 9.82. The van der Waals surface area contributed by atoms with E-state index in [-0.39, 0.29) is 12.1 Å². The summed E-state index contributed by atoms with van der Waals surface area (Å²) in [5.41, 5.74) is 5.48. The molecule has 0 heterocycles. The van der Waals surface area contributed by atoms with Crippen molar-refractivity contribution in [2.75, 3.05) is 19.8 Å². The van der Waals surface area contributed by atoms with Gasteiger partial charge in [0.15, 0.2) is 11.5 Å². The molecular weight excluding hydrogens is 258 g/mol. The molecule has 0 aromatic heterocycles. The highest BCUT2D eigenvalue weighted by atomic mass is 16.5. The van der Waals surface area contributed by atoms with Gasteiger partial charge in [0.25, 0.3) is 0 Å². The second-order valence-electron chi connectivity index (χ2n) is 3.97. The number of carbonyl (C=O) groups is 1. The molecule has 0 fully saturated rings. The Morgan fingerprint density at radius 3 is 2.20 bits per heavy atom. The van der Waals surface area contributed by atoms with Crippen LogP contribution in [-0.2, 0) is 9.53 Å². The second-order valence-corrected chi connectivity index (χ2v) is 3.97. The van der Waals surface area contributed by atoms with Gasteiger partial charge in [-0.2, -0.15) is 0 Å². The lowest BCUT2D eigenvalue weighted by Crippen LogP contribution is -2.23. The highest BCUT2D eigenvalue weighted by Crippen LogP contribution is 2.27. The van der Waals surface area contributed by atoms with Crippen molar-refractivity contribution in [2.24, 2.45) is 5.73 Å². The van der Waals surface area contributed by atoms with Crippen LogP contribution in [0.2, 0.25) is 0 Å². The van der Waals surface area contributed by atoms with Gasteiger partial charge in [-0.1, -0.05) is 12.1 Å². The Bertz CT molecular complexity index is 382. The maximum atomic E-state index is 9.82. The van der Waals surface area contributed by atoms with Gasteiger partial charge in [-0.25, -0.2) is 0 Å². The van der Waals surface area contributed by atoms with Gasteiger partial charge in [0.1, 0.15) is 6.10 Å². The van der Waals surface area contributed by atoms with Gasteiger partial charge < -0.3 is 19.9 Å². The average Bonchev–Trinajstić information content (AvgIpc) is 2.41. The third kappa shape index (κ3) is 8.37. The van der Waals surface area contributed by atoms with Crippen LogP contribution in [0.5, 0.6) is 11.5 Å². The Morgan fingerprint density at radius 1 is 1.20 bits per heavy atom. The van der Waals surface area contributed by atoms with Crippen LogP contribution in [0.1, 0.15) is 27.7 Å². The standard InChI is InChI=1S/C11H17NO2.C4H8O2/c1-3-13-10-6-4-5-7-11(10)14-9(2)8-12;1-3-6-4(2)5/h4-7,9H,3,8,12H2,1-2H3;3H2,1-2H3. The van der Waals surface area contributed by atoms with Crippen molar-refractivity contribution in [3.63, 3.8) is 0 Å². The molecule has 5 nitrogen and oxygen atoms in total. The first kappa shape index (κ1) is 18.2. The minimum Gasteiger partial charge on any atom is -0.490 e. The summed E-state index contributed by atoms with van der Waals surface area (Å²) in [7, 11) is 0. The molecule has 0 bridgehead atoms. The molecule has 0 aliphatic rings. The lowest BCUT2D eigenvalue weighted by atomic mass is 10.3. The van der Waals surface area contributed by atoms with Crippen molar-refractivity contribution >= 4 is 5.97 Å². The number of ether oxygens (including phenoxy) is 3. The topological polar surface area (TPSA) is 70.8 Å². The van der Waals surface area contributed by atoms with Gasteiger partial charge in [-0.05, 0) is 32.9 Å². The monoisotopic (exact) mass is 283 g/mol. The number of esters is 1. The van der Waals surface area contributed by atoms with E-state index in [2.05, 4.69) is 4.74 Å². The summed E-state index contributed by atoms with van der Waals surface area (Å²) >= 11 is 0. The summed E-state index contributed by atoms with van der Waals surface area (Å²) in [4.78, 5) is 9.82. The number of nitrogens with two attached hydrogens (primary N) is 1. The number of hydrogen-bond donors (Lipinski definition) is 1. The third-order valence-corrected chi connectivity index (χ3v) is 2.16. The molecule has 5 heteroatoms. The van der Waals surface area contributed by atoms with Crippen LogP contribution in [0, 0.1) is 0 Å². The van der Waals surface area contributed by atoms with Gasteiger partial charge in [0.05, 0.1) is 13.2 Å². The lowest BCUT2D eigenvalue weighted by molar-refractivity contribution is -0.140. The van der Waals surface area contributed by atoms with Gasteiger partial charge in [0, 0.05) is 13.5 Å². The predicted molar refractivity (Wildman–Crippen MR) is 79.1 cm³/mol. The first-order valence-corrected chi connectivity index (χ1v) is 6.76. The molecule has 114 valence electrons. The second kappa shape index (κ2) is 11.1. The molecule has 0 amide bonds. The number of para-hydroxylation sites is 2. The fourth-order valence-electron chi connectivity index (χ4n) is 1.29. The molecule has 1 unspecified atom stereocenters. The lowest BCUT2D eigenvalue weighted by Gasteiger charge is -2.15. The van der Waals surface area contributed by atoms with E-state index in [0.29, 0.717) is 19.8 Å². The minimum atomic E-state index is -0.211. The summed E-state index contributed by atoms with van der Waals surface area (Å²) in [6.07, 6.45) is 0.0107. The van der Waals surface area contributed by atoms with E-state index >= 15 is 0 Å². The van der Waals surface area contributed by atoms with E-state index in [1.165, 1.54) is 6.92 Å². The van der Waals surface area contributed by atoms with E-state index < -0.39 is 0 Å². The van der Waals surface area contributed by atoms with E-state index in [1.807, 2.05) is 38.1 Å². The highest BCUT2D eigenvalue weighted by Gasteiger charge is 2.06. The quantitative estimate of drug-likeness (QED) is 0.812. The fourth-order valence-corrected chi connectivity index (χ4v) is 1.29. The Kier molecular flexibility index (Phi) is 10.1. The summed E-state index contributed by atoms with van der Waals surface area (Å²) < 4.78 is 15.4. The molecule has 0 radical (unpaired) electrons. The van der Waals surface area contributed by atoms with E-state index in [9.17, 15) is 4.79 Å². The van der Waals surface area contributed by atoms with Gasteiger partial charge in [-0.15, -0.1) is 0 Å². The number of hydrogen-bond acceptors (Lipinski definition) is 5. The predicted octanol–water partition coefficient (Wildman–Crippen LogP) is 2.38. The Hall–Kier alpha value is -1.75. The fraction of sp³-hybridized carbons (Fsp3) is 0.533.